The molecule has 4 rings (SSSR count). The fourth-order valence-electron chi connectivity index (χ4n) is 3.00. The highest BCUT2D eigenvalue weighted by atomic mass is 16.2. The Labute approximate surface area is 171 Å². The van der Waals surface area contributed by atoms with Crippen LogP contribution in [0.2, 0.25) is 0 Å². The number of amides is 2. The lowest BCUT2D eigenvalue weighted by Gasteiger charge is -2.10. The zero-order chi connectivity index (χ0) is 20.8. The fourth-order valence-corrected chi connectivity index (χ4v) is 3.00. The van der Waals surface area contributed by atoms with Gasteiger partial charge in [-0.1, -0.05) is 18.2 Å². The molecule has 30 heavy (non-hydrogen) atoms. The number of hydrogen-bond donors (Lipinski definition) is 2. The number of nitrogens with zero attached hydrogens (tertiary/aromatic N) is 5. The predicted molar refractivity (Wildman–Crippen MR) is 112 cm³/mol. The number of aromatic nitrogens is 2. The fraction of sp³-hybridized carbons (Fsp3) is 0.143. The summed E-state index contributed by atoms with van der Waals surface area (Å²) in [7, 11) is 0. The van der Waals surface area contributed by atoms with E-state index in [1.807, 2.05) is 18.2 Å². The topological polar surface area (TPSA) is 123 Å². The minimum Gasteiger partial charge on any atom is -0.306 e. The highest BCUT2D eigenvalue weighted by Gasteiger charge is 2.22. The zero-order valence-corrected chi connectivity index (χ0v) is 15.9. The van der Waals surface area contributed by atoms with Crippen LogP contribution in [0.5, 0.6) is 0 Å². The van der Waals surface area contributed by atoms with E-state index in [1.54, 1.807) is 24.6 Å². The summed E-state index contributed by atoms with van der Waals surface area (Å²) in [4.78, 5) is 48.2. The maximum absolute atomic E-state index is 12.4. The van der Waals surface area contributed by atoms with Gasteiger partial charge in [0.15, 0.2) is 11.7 Å². The number of anilines is 1. The van der Waals surface area contributed by atoms with Crippen LogP contribution < -0.4 is 21.0 Å². The van der Waals surface area contributed by atoms with Crippen LogP contribution in [0.3, 0.4) is 0 Å². The average Bonchev–Trinajstić information content (AvgIpc) is 3.07. The molecule has 1 aromatic rings. The molecule has 2 N–H and O–H groups in total. The Bertz CT molecular complexity index is 1220. The first-order valence-electron chi connectivity index (χ1n) is 9.32. The standard InChI is InChI=1S/C21H17N7O2/c29-17-6-2-7-22-11-14-4-1-5-15(10-14)25-12-16-18-19(24-9-3-8-23-17)26-13-27-20(18)28-21(16)30/h1-5,7-9,11-14H,6,10H2,(H,24,26,27,28,30)/p+1/t14-/m0/s1. The van der Waals surface area contributed by atoms with Gasteiger partial charge in [-0.15, -0.1) is 0 Å². The van der Waals surface area contributed by atoms with Crippen molar-refractivity contribution in [3.8, 4) is 0 Å². The summed E-state index contributed by atoms with van der Waals surface area (Å²) >= 11 is 0. The number of rotatable bonds is 0. The Morgan fingerprint density at radius 1 is 1.13 bits per heavy atom. The average molecular weight is 400 g/mol. The van der Waals surface area contributed by atoms with Gasteiger partial charge in [0.2, 0.25) is 0 Å². The monoisotopic (exact) mass is 400 g/mol. The first kappa shape index (κ1) is 19.2. The minimum absolute atomic E-state index is 0.0730. The van der Waals surface area contributed by atoms with Gasteiger partial charge in [0.25, 0.3) is 5.91 Å². The Balaban J connectivity index is 1.79. The SMILES string of the molecule is O=C1CC=CN=C[C@H]2C=CC=C(C2)N=CC2=c3c(ncnc3=NC=CC=[NH+]1)NC2=O. The molecule has 0 aromatic carbocycles. The molecule has 2 aliphatic heterocycles. The second kappa shape index (κ2) is 8.91. The number of carbonyl (C=O) groups excluding carboxylic acids is 2. The third-order valence-corrected chi connectivity index (χ3v) is 4.42. The maximum Gasteiger partial charge on any atom is 0.389 e. The Kier molecular flexibility index (Phi) is 5.70. The molecular formula is C21H18N7O2+. The Hall–Kier alpha value is -4.14. The van der Waals surface area contributed by atoms with Crippen molar-refractivity contribution in [1.82, 2.24) is 9.97 Å². The summed E-state index contributed by atoms with van der Waals surface area (Å²) in [6, 6.07) is 0. The number of nitrogens with one attached hydrogen (secondary N) is 2. The van der Waals surface area contributed by atoms with E-state index >= 15 is 0 Å². The van der Waals surface area contributed by atoms with E-state index in [0.29, 0.717) is 28.5 Å². The third-order valence-electron chi connectivity index (χ3n) is 4.42. The van der Waals surface area contributed by atoms with Crippen LogP contribution >= 0.6 is 0 Å². The van der Waals surface area contributed by atoms with E-state index in [4.69, 9.17) is 0 Å². The van der Waals surface area contributed by atoms with E-state index in [1.165, 1.54) is 25.0 Å². The highest BCUT2D eigenvalue weighted by Crippen LogP contribution is 2.18. The summed E-state index contributed by atoms with van der Waals surface area (Å²) < 4.78 is 0. The molecular weight excluding hydrogens is 382 g/mol. The summed E-state index contributed by atoms with van der Waals surface area (Å²) in [6.45, 7) is 0. The van der Waals surface area contributed by atoms with Gasteiger partial charge in [-0.05, 0) is 6.08 Å². The normalized spacial score (nSPS) is 20.7. The molecule has 2 amide bonds. The number of allylic oxidation sites excluding steroid dienone is 5. The van der Waals surface area contributed by atoms with Crippen LogP contribution in [-0.4, -0.2) is 40.4 Å². The molecule has 9 nitrogen and oxygen atoms in total. The van der Waals surface area contributed by atoms with Crippen molar-refractivity contribution in [3.63, 3.8) is 0 Å². The van der Waals surface area contributed by atoms with Crippen LogP contribution in [0.15, 0.2) is 69.8 Å². The van der Waals surface area contributed by atoms with Crippen molar-refractivity contribution in [3.05, 3.63) is 65.5 Å². The first-order valence-corrected chi connectivity index (χ1v) is 9.32. The lowest BCUT2D eigenvalue weighted by Crippen LogP contribution is -2.73. The van der Waals surface area contributed by atoms with Gasteiger partial charge < -0.3 is 5.32 Å². The number of hydrogen-bond acceptors (Lipinski definition) is 7. The smallest absolute Gasteiger partial charge is 0.306 e. The van der Waals surface area contributed by atoms with Crippen LogP contribution in [0, 0.1) is 5.92 Å². The van der Waals surface area contributed by atoms with Crippen molar-refractivity contribution < 1.29 is 14.6 Å². The van der Waals surface area contributed by atoms with Gasteiger partial charge in [0, 0.05) is 48.9 Å². The van der Waals surface area contributed by atoms with Crippen LogP contribution in [-0.2, 0) is 9.59 Å². The van der Waals surface area contributed by atoms with E-state index in [2.05, 4.69) is 35.3 Å². The van der Waals surface area contributed by atoms with Crippen LogP contribution in [0.25, 0.3) is 5.57 Å². The third kappa shape index (κ3) is 4.46. The lowest BCUT2D eigenvalue weighted by atomic mass is 10.00. The van der Waals surface area contributed by atoms with Gasteiger partial charge >= 0.3 is 5.91 Å². The van der Waals surface area contributed by atoms with E-state index < -0.39 is 0 Å². The highest BCUT2D eigenvalue weighted by molar-refractivity contribution is 6.40. The number of aliphatic imine (C=N–C) groups is 2. The van der Waals surface area contributed by atoms with E-state index in [-0.39, 0.29) is 24.2 Å². The quantitative estimate of drug-likeness (QED) is 0.574. The van der Waals surface area contributed by atoms with Crippen molar-refractivity contribution in [2.75, 3.05) is 5.32 Å². The molecule has 0 spiro atoms. The van der Waals surface area contributed by atoms with Crippen molar-refractivity contribution in [1.29, 1.82) is 0 Å². The molecule has 1 aliphatic carbocycles. The summed E-state index contributed by atoms with van der Waals surface area (Å²) in [6.07, 6.45) is 19.1. The summed E-state index contributed by atoms with van der Waals surface area (Å²) in [5.41, 5.74) is 1.49. The summed E-state index contributed by atoms with van der Waals surface area (Å²) in [5.74, 6) is -0.0210. The maximum atomic E-state index is 12.4. The minimum atomic E-state index is -0.311. The molecule has 0 saturated heterocycles. The van der Waals surface area contributed by atoms with Gasteiger partial charge in [-0.2, -0.15) is 4.99 Å². The second-order valence-corrected chi connectivity index (χ2v) is 6.55. The number of fused-ring (bicyclic) bond motifs is 2. The van der Waals surface area contributed by atoms with Crippen molar-refractivity contribution in [2.24, 2.45) is 20.9 Å². The molecule has 0 radical (unpaired) electrons. The van der Waals surface area contributed by atoms with Crippen LogP contribution in [0.1, 0.15) is 12.8 Å². The molecule has 0 fully saturated rings. The number of carbonyl (C=O) groups is 2. The van der Waals surface area contributed by atoms with Gasteiger partial charge in [-0.3, -0.25) is 14.8 Å². The Morgan fingerprint density at radius 3 is 3.00 bits per heavy atom. The predicted octanol–water partition coefficient (Wildman–Crippen LogP) is -1.09. The molecule has 9 heteroatoms. The van der Waals surface area contributed by atoms with Gasteiger partial charge in [-0.25, -0.2) is 19.8 Å². The second-order valence-electron chi connectivity index (χ2n) is 6.55. The molecule has 0 unspecified atom stereocenters. The van der Waals surface area contributed by atoms with E-state index in [9.17, 15) is 9.59 Å². The van der Waals surface area contributed by atoms with Crippen molar-refractivity contribution >= 4 is 41.8 Å². The molecule has 1 aromatic heterocycles. The molecule has 148 valence electrons. The lowest BCUT2D eigenvalue weighted by molar-refractivity contribution is -0.371. The molecule has 1 atom stereocenters. The molecule has 2 bridgehead atoms. The molecule has 3 heterocycles. The largest absolute Gasteiger partial charge is 0.389 e. The summed E-state index contributed by atoms with van der Waals surface area (Å²) in [5, 5.41) is 3.20. The van der Waals surface area contributed by atoms with Crippen LogP contribution in [0.4, 0.5) is 5.82 Å². The van der Waals surface area contributed by atoms with Gasteiger partial charge in [0.05, 0.1) is 17.2 Å². The van der Waals surface area contributed by atoms with Crippen molar-refractivity contribution in [2.45, 2.75) is 12.8 Å². The van der Waals surface area contributed by atoms with E-state index in [0.717, 1.165) is 5.70 Å². The zero-order valence-electron chi connectivity index (χ0n) is 15.9. The molecule has 3 aliphatic rings. The first-order chi connectivity index (χ1) is 14.7. The van der Waals surface area contributed by atoms with Gasteiger partial charge in [0.1, 0.15) is 12.1 Å². The molecule has 0 saturated carbocycles. The Morgan fingerprint density at radius 2 is 2.07 bits per heavy atom.